The fourth-order valence-corrected chi connectivity index (χ4v) is 6.41. The lowest BCUT2D eigenvalue weighted by molar-refractivity contribution is 0.672. The Labute approximate surface area is 227 Å². The van der Waals surface area contributed by atoms with Gasteiger partial charge in [0.1, 0.15) is 10.0 Å². The first kappa shape index (κ1) is 23.6. The molecule has 0 N–H and O–H groups in total. The molecule has 0 amide bonds. The summed E-state index contributed by atoms with van der Waals surface area (Å²) in [6, 6.07) is 34.5. The highest BCUT2D eigenvalue weighted by Crippen LogP contribution is 2.57. The molecule has 4 heteroatoms. The molecule has 0 atom stereocenters. The number of aromatic nitrogens is 2. The molecule has 37 heavy (non-hydrogen) atoms. The Kier molecular flexibility index (Phi) is 5.73. The Balaban J connectivity index is 1.80. The number of aryl methyl sites for hydroxylation is 4. The Bertz CT molecular complexity index is 1540. The molecule has 2 aromatic heterocycles. The van der Waals surface area contributed by atoms with Crippen molar-refractivity contribution in [3.8, 4) is 0 Å². The summed E-state index contributed by atoms with van der Waals surface area (Å²) in [5.74, 6) is 0. The van der Waals surface area contributed by atoms with Crippen LogP contribution < -0.4 is 4.90 Å². The average Bonchev–Trinajstić information content (AvgIpc) is 2.88. The van der Waals surface area contributed by atoms with Gasteiger partial charge in [-0.25, -0.2) is 4.98 Å². The molecule has 0 bridgehead atoms. The maximum Gasteiger partial charge on any atom is 0.109 e. The van der Waals surface area contributed by atoms with Gasteiger partial charge in [-0.1, -0.05) is 66.2 Å². The lowest BCUT2D eigenvalue weighted by Crippen LogP contribution is -2.39. The van der Waals surface area contributed by atoms with Crippen LogP contribution in [0.5, 0.6) is 0 Å². The third-order valence-corrected chi connectivity index (χ3v) is 7.77. The molecule has 182 valence electrons. The molecule has 0 fully saturated rings. The number of hydrogen-bond acceptors (Lipinski definition) is 3. The van der Waals surface area contributed by atoms with E-state index >= 15 is 0 Å². The number of halogens is 1. The minimum atomic E-state index is -0.688. The zero-order valence-corrected chi connectivity index (χ0v) is 23.0. The Morgan fingerprint density at radius 1 is 0.622 bits per heavy atom. The number of rotatable bonds is 3. The first-order chi connectivity index (χ1) is 17.9. The van der Waals surface area contributed by atoms with Gasteiger partial charge in [-0.2, -0.15) is 0 Å². The van der Waals surface area contributed by atoms with Gasteiger partial charge in [0, 0.05) is 5.69 Å². The van der Waals surface area contributed by atoms with Gasteiger partial charge in [-0.05, 0) is 102 Å². The summed E-state index contributed by atoms with van der Waals surface area (Å²) in [5, 5.41) is 0. The van der Waals surface area contributed by atoms with E-state index in [1.54, 1.807) is 0 Å². The molecule has 1 aliphatic rings. The van der Waals surface area contributed by atoms with E-state index in [9.17, 15) is 0 Å². The first-order valence-electron chi connectivity index (χ1n) is 12.6. The Morgan fingerprint density at radius 2 is 1.16 bits per heavy atom. The molecule has 1 aliphatic heterocycles. The first-order valence-corrected chi connectivity index (χ1v) is 13.3. The molecule has 0 saturated heterocycles. The van der Waals surface area contributed by atoms with E-state index < -0.39 is 5.41 Å². The van der Waals surface area contributed by atoms with Crippen molar-refractivity contribution in [2.75, 3.05) is 4.90 Å². The summed E-state index contributed by atoms with van der Waals surface area (Å²) in [5.41, 5.74) is 11.8. The molecule has 3 nitrogen and oxygen atoms in total. The zero-order valence-electron chi connectivity index (χ0n) is 21.5. The fraction of sp³-hybridized carbons (Fsp3) is 0.152. The van der Waals surface area contributed by atoms with Crippen molar-refractivity contribution in [1.82, 2.24) is 9.97 Å². The van der Waals surface area contributed by atoms with Gasteiger partial charge in [-0.15, -0.1) is 0 Å². The van der Waals surface area contributed by atoms with Crippen molar-refractivity contribution in [3.05, 3.63) is 147 Å². The van der Waals surface area contributed by atoms with Crippen molar-refractivity contribution in [1.29, 1.82) is 0 Å². The lowest BCUT2D eigenvalue weighted by atomic mass is 9.65. The van der Waals surface area contributed by atoms with E-state index in [2.05, 4.69) is 140 Å². The van der Waals surface area contributed by atoms with Crippen LogP contribution in [0.2, 0.25) is 0 Å². The molecular weight excluding hydrogens is 518 g/mol. The highest BCUT2D eigenvalue weighted by molar-refractivity contribution is 9.10. The van der Waals surface area contributed by atoms with E-state index in [4.69, 9.17) is 9.97 Å². The van der Waals surface area contributed by atoms with Crippen LogP contribution in [0, 0.1) is 27.7 Å². The zero-order chi connectivity index (χ0) is 25.7. The second kappa shape index (κ2) is 8.97. The smallest absolute Gasteiger partial charge is 0.109 e. The third kappa shape index (κ3) is 3.62. The highest BCUT2D eigenvalue weighted by atomic mass is 79.9. The maximum absolute atomic E-state index is 5.14. The highest BCUT2D eigenvalue weighted by Gasteiger charge is 2.48. The number of benzene rings is 3. The van der Waals surface area contributed by atoms with Gasteiger partial charge in [-0.3, -0.25) is 4.98 Å². The minimum absolute atomic E-state index is 0.688. The molecular formula is C33H28BrN3. The van der Waals surface area contributed by atoms with Crippen molar-refractivity contribution in [2.45, 2.75) is 33.1 Å². The van der Waals surface area contributed by atoms with Crippen LogP contribution in [0.4, 0.5) is 17.1 Å². The summed E-state index contributed by atoms with van der Waals surface area (Å²) in [6.45, 7) is 8.63. The van der Waals surface area contributed by atoms with E-state index in [0.717, 1.165) is 44.2 Å². The van der Waals surface area contributed by atoms with Crippen LogP contribution >= 0.6 is 15.9 Å². The van der Waals surface area contributed by atoms with E-state index in [1.807, 2.05) is 6.07 Å². The van der Waals surface area contributed by atoms with Gasteiger partial charge in [0.15, 0.2) is 0 Å². The number of para-hydroxylation sites is 2. The van der Waals surface area contributed by atoms with Crippen LogP contribution in [-0.4, -0.2) is 9.97 Å². The van der Waals surface area contributed by atoms with Crippen LogP contribution in [0.3, 0.4) is 0 Å². The van der Waals surface area contributed by atoms with Gasteiger partial charge in [0.2, 0.25) is 0 Å². The molecule has 0 aliphatic carbocycles. The van der Waals surface area contributed by atoms with Crippen LogP contribution in [0.1, 0.15) is 44.9 Å². The van der Waals surface area contributed by atoms with Gasteiger partial charge in [0.05, 0.1) is 28.5 Å². The molecule has 0 unspecified atom stereocenters. The predicted octanol–water partition coefficient (Wildman–Crippen LogP) is 8.64. The normalized spacial score (nSPS) is 13.7. The summed E-state index contributed by atoms with van der Waals surface area (Å²) in [6.07, 6.45) is 0. The van der Waals surface area contributed by atoms with Crippen molar-refractivity contribution >= 4 is 33.0 Å². The molecule has 3 aromatic carbocycles. The van der Waals surface area contributed by atoms with E-state index in [1.165, 1.54) is 22.4 Å². The number of hydrogen-bond donors (Lipinski definition) is 0. The van der Waals surface area contributed by atoms with Crippen molar-refractivity contribution in [3.63, 3.8) is 0 Å². The molecule has 3 heterocycles. The largest absolute Gasteiger partial charge is 0.309 e. The van der Waals surface area contributed by atoms with Crippen LogP contribution in [0.25, 0.3) is 0 Å². The second-order valence-corrected chi connectivity index (χ2v) is 10.7. The number of nitrogens with zero attached hydrogens (tertiary/aromatic N) is 3. The Hall–Kier alpha value is -3.76. The van der Waals surface area contributed by atoms with Crippen LogP contribution in [-0.2, 0) is 5.41 Å². The number of anilines is 3. The predicted molar refractivity (Wildman–Crippen MR) is 155 cm³/mol. The van der Waals surface area contributed by atoms with Gasteiger partial charge < -0.3 is 4.90 Å². The molecule has 6 rings (SSSR count). The monoisotopic (exact) mass is 545 g/mol. The summed E-state index contributed by atoms with van der Waals surface area (Å²) in [7, 11) is 0. The standard InChI is InChI=1S/C33H28BrN3/c1-21-19-22(2)32(23(3)20-21)37-27-14-7-5-12-25(27)33(26-13-6-8-15-28(26)37,29-16-9-11-24(4)35-29)30-17-10-18-31(34)36-30/h5-20H,1-4H3. The third-order valence-electron chi connectivity index (χ3n) is 7.33. The fourth-order valence-electron chi connectivity index (χ4n) is 6.06. The topological polar surface area (TPSA) is 29.0 Å². The number of pyridine rings is 2. The van der Waals surface area contributed by atoms with Crippen molar-refractivity contribution < 1.29 is 0 Å². The summed E-state index contributed by atoms with van der Waals surface area (Å²) >= 11 is 3.65. The van der Waals surface area contributed by atoms with E-state index in [-0.39, 0.29) is 0 Å². The summed E-state index contributed by atoms with van der Waals surface area (Å²) in [4.78, 5) is 12.7. The van der Waals surface area contributed by atoms with Crippen molar-refractivity contribution in [2.24, 2.45) is 0 Å². The lowest BCUT2D eigenvalue weighted by Gasteiger charge is -2.45. The number of fused-ring (bicyclic) bond motifs is 2. The average molecular weight is 547 g/mol. The second-order valence-electron chi connectivity index (χ2n) is 9.88. The Morgan fingerprint density at radius 3 is 1.73 bits per heavy atom. The molecule has 0 spiro atoms. The quantitative estimate of drug-likeness (QED) is 0.208. The van der Waals surface area contributed by atoms with Gasteiger partial charge in [0.25, 0.3) is 0 Å². The van der Waals surface area contributed by atoms with Crippen LogP contribution in [0.15, 0.2) is 102 Å². The minimum Gasteiger partial charge on any atom is -0.309 e. The molecule has 0 saturated carbocycles. The van der Waals surface area contributed by atoms with Gasteiger partial charge >= 0.3 is 0 Å². The maximum atomic E-state index is 5.14. The summed E-state index contributed by atoms with van der Waals surface area (Å²) < 4.78 is 0.805. The van der Waals surface area contributed by atoms with E-state index in [0.29, 0.717) is 0 Å². The molecule has 0 radical (unpaired) electrons. The molecule has 5 aromatic rings. The SMILES string of the molecule is Cc1cc(C)c(N2c3ccccc3C(c3cccc(C)n3)(c3cccc(Br)n3)c3ccccc32)c(C)c1.